The first-order chi connectivity index (χ1) is 7.02. The number of hydrogen-bond donors (Lipinski definition) is 2. The molecule has 1 heterocycles. The van der Waals surface area contributed by atoms with E-state index in [1.165, 1.54) is 6.07 Å². The number of β-amino-alcohol motifs (C(OH)–C–C–N with tert-alkyl or cyclic N) is 1. The van der Waals surface area contributed by atoms with Crippen molar-refractivity contribution in [2.24, 2.45) is 0 Å². The van der Waals surface area contributed by atoms with E-state index in [-0.39, 0.29) is 11.2 Å². The summed E-state index contributed by atoms with van der Waals surface area (Å²) in [4.78, 5) is 0. The molecule has 3 heteroatoms. The minimum Gasteiger partial charge on any atom is -0.387 e. The molecule has 0 bridgehead atoms. The second-order valence-corrected chi connectivity index (χ2v) is 4.73. The third kappa shape index (κ3) is 1.77. The van der Waals surface area contributed by atoms with Crippen molar-refractivity contribution in [3.8, 4) is 0 Å². The SMILES string of the molecule is CC1(C)CNCC(O)c2cccc(F)c21. The average Bonchev–Trinajstić information content (AvgIpc) is 2.26. The van der Waals surface area contributed by atoms with Crippen molar-refractivity contribution >= 4 is 0 Å². The molecule has 2 rings (SSSR count). The summed E-state index contributed by atoms with van der Waals surface area (Å²) in [6, 6.07) is 4.91. The number of aliphatic hydroxyl groups is 1. The fourth-order valence-electron chi connectivity index (χ4n) is 2.25. The molecule has 0 aliphatic carbocycles. The molecule has 2 nitrogen and oxygen atoms in total. The summed E-state index contributed by atoms with van der Waals surface area (Å²) in [6.07, 6.45) is -0.613. The number of fused-ring (bicyclic) bond motifs is 1. The summed E-state index contributed by atoms with van der Waals surface area (Å²) in [5.74, 6) is -0.222. The van der Waals surface area contributed by atoms with Gasteiger partial charge in [0.05, 0.1) is 6.10 Å². The summed E-state index contributed by atoms with van der Waals surface area (Å²) in [5.41, 5.74) is 1.07. The molecule has 0 spiro atoms. The Hall–Kier alpha value is -0.930. The number of aliphatic hydroxyl groups excluding tert-OH is 1. The Labute approximate surface area is 89.1 Å². The van der Waals surface area contributed by atoms with E-state index in [1.54, 1.807) is 12.1 Å². The first-order valence-electron chi connectivity index (χ1n) is 5.20. The summed E-state index contributed by atoms with van der Waals surface area (Å²) < 4.78 is 13.8. The second-order valence-electron chi connectivity index (χ2n) is 4.73. The minimum absolute atomic E-state index is 0.222. The average molecular weight is 209 g/mol. The largest absolute Gasteiger partial charge is 0.387 e. The highest BCUT2D eigenvalue weighted by Gasteiger charge is 2.31. The van der Waals surface area contributed by atoms with Gasteiger partial charge in [0.1, 0.15) is 5.82 Å². The van der Waals surface area contributed by atoms with Crippen molar-refractivity contribution < 1.29 is 9.50 Å². The molecule has 1 unspecified atom stereocenters. The van der Waals surface area contributed by atoms with Crippen LogP contribution >= 0.6 is 0 Å². The van der Waals surface area contributed by atoms with Crippen LogP contribution in [0.5, 0.6) is 0 Å². The van der Waals surface area contributed by atoms with Gasteiger partial charge in [0.2, 0.25) is 0 Å². The van der Waals surface area contributed by atoms with Gasteiger partial charge in [0.25, 0.3) is 0 Å². The van der Waals surface area contributed by atoms with E-state index in [9.17, 15) is 9.50 Å². The Balaban J connectivity index is 2.62. The van der Waals surface area contributed by atoms with Crippen molar-refractivity contribution in [3.05, 3.63) is 35.1 Å². The van der Waals surface area contributed by atoms with Crippen LogP contribution < -0.4 is 5.32 Å². The second kappa shape index (κ2) is 3.58. The fraction of sp³-hybridized carbons (Fsp3) is 0.500. The van der Waals surface area contributed by atoms with E-state index in [0.29, 0.717) is 24.2 Å². The molecular formula is C12H16FNO. The Bertz CT molecular complexity index is 376. The third-order valence-corrected chi connectivity index (χ3v) is 2.99. The number of benzene rings is 1. The zero-order valence-electron chi connectivity index (χ0n) is 9.05. The van der Waals surface area contributed by atoms with Gasteiger partial charge in [-0.1, -0.05) is 26.0 Å². The van der Waals surface area contributed by atoms with Crippen LogP contribution in [0.25, 0.3) is 0 Å². The van der Waals surface area contributed by atoms with Crippen molar-refractivity contribution in [1.82, 2.24) is 5.32 Å². The summed E-state index contributed by atoms with van der Waals surface area (Å²) in [6.45, 7) is 5.14. The number of halogens is 1. The highest BCUT2D eigenvalue weighted by molar-refractivity contribution is 5.37. The van der Waals surface area contributed by atoms with Gasteiger partial charge in [0, 0.05) is 24.1 Å². The van der Waals surface area contributed by atoms with Crippen LogP contribution in [0, 0.1) is 5.82 Å². The predicted molar refractivity (Wildman–Crippen MR) is 57.3 cm³/mol. The molecule has 1 aromatic carbocycles. The van der Waals surface area contributed by atoms with Crippen LogP contribution in [-0.4, -0.2) is 18.2 Å². The molecule has 1 aliphatic heterocycles. The van der Waals surface area contributed by atoms with Crippen LogP contribution in [0.3, 0.4) is 0 Å². The lowest BCUT2D eigenvalue weighted by Crippen LogP contribution is -2.32. The molecule has 0 radical (unpaired) electrons. The van der Waals surface area contributed by atoms with E-state index in [4.69, 9.17) is 0 Å². The van der Waals surface area contributed by atoms with Crippen molar-refractivity contribution in [1.29, 1.82) is 0 Å². The van der Waals surface area contributed by atoms with Gasteiger partial charge in [-0.3, -0.25) is 0 Å². The molecule has 15 heavy (non-hydrogen) atoms. The van der Waals surface area contributed by atoms with Crippen LogP contribution in [0.2, 0.25) is 0 Å². The molecule has 82 valence electrons. The smallest absolute Gasteiger partial charge is 0.127 e. The lowest BCUT2D eigenvalue weighted by molar-refractivity contribution is 0.177. The molecule has 2 N–H and O–H groups in total. The highest BCUT2D eigenvalue weighted by atomic mass is 19.1. The van der Waals surface area contributed by atoms with Gasteiger partial charge in [-0.25, -0.2) is 4.39 Å². The Morgan fingerprint density at radius 3 is 2.93 bits per heavy atom. The lowest BCUT2D eigenvalue weighted by Gasteiger charge is -2.25. The van der Waals surface area contributed by atoms with Crippen LogP contribution in [-0.2, 0) is 5.41 Å². The lowest BCUT2D eigenvalue weighted by atomic mass is 9.81. The van der Waals surface area contributed by atoms with Gasteiger partial charge in [-0.2, -0.15) is 0 Å². The third-order valence-electron chi connectivity index (χ3n) is 2.99. The van der Waals surface area contributed by atoms with Crippen molar-refractivity contribution in [3.63, 3.8) is 0 Å². The number of nitrogens with one attached hydrogen (secondary N) is 1. The van der Waals surface area contributed by atoms with Gasteiger partial charge in [-0.05, 0) is 11.6 Å². The Morgan fingerprint density at radius 2 is 2.20 bits per heavy atom. The molecule has 1 aromatic rings. The van der Waals surface area contributed by atoms with E-state index in [0.717, 1.165) is 0 Å². The van der Waals surface area contributed by atoms with E-state index >= 15 is 0 Å². The first kappa shape index (κ1) is 10.6. The van der Waals surface area contributed by atoms with Crippen molar-refractivity contribution in [2.75, 3.05) is 13.1 Å². The maximum Gasteiger partial charge on any atom is 0.127 e. The zero-order chi connectivity index (χ0) is 11.1. The first-order valence-corrected chi connectivity index (χ1v) is 5.20. The molecule has 0 saturated heterocycles. The summed E-state index contributed by atoms with van der Waals surface area (Å²) in [7, 11) is 0. The molecule has 0 aromatic heterocycles. The standard InChI is InChI=1S/C12H16FNO/c1-12(2)7-14-6-10(15)8-4-3-5-9(13)11(8)12/h3-5,10,14-15H,6-7H2,1-2H3. The van der Waals surface area contributed by atoms with Gasteiger partial charge in [0.15, 0.2) is 0 Å². The van der Waals surface area contributed by atoms with E-state index in [2.05, 4.69) is 5.32 Å². The summed E-state index contributed by atoms with van der Waals surface area (Å²) >= 11 is 0. The Morgan fingerprint density at radius 1 is 1.47 bits per heavy atom. The maximum atomic E-state index is 13.8. The highest BCUT2D eigenvalue weighted by Crippen LogP contribution is 2.33. The minimum atomic E-state index is -0.613. The molecule has 0 saturated carbocycles. The molecule has 1 aliphatic rings. The monoisotopic (exact) mass is 209 g/mol. The van der Waals surface area contributed by atoms with Crippen LogP contribution in [0.4, 0.5) is 4.39 Å². The van der Waals surface area contributed by atoms with Gasteiger partial charge >= 0.3 is 0 Å². The maximum absolute atomic E-state index is 13.8. The Kier molecular flexibility index (Phi) is 2.52. The molecule has 0 amide bonds. The van der Waals surface area contributed by atoms with Crippen LogP contribution in [0.1, 0.15) is 31.1 Å². The van der Waals surface area contributed by atoms with E-state index < -0.39 is 6.10 Å². The molecule has 1 atom stereocenters. The normalized spacial score (nSPS) is 24.4. The van der Waals surface area contributed by atoms with Crippen LogP contribution in [0.15, 0.2) is 18.2 Å². The number of hydrogen-bond acceptors (Lipinski definition) is 2. The van der Waals surface area contributed by atoms with Gasteiger partial charge < -0.3 is 10.4 Å². The van der Waals surface area contributed by atoms with E-state index in [1.807, 2.05) is 13.8 Å². The predicted octanol–water partition coefficient (Wildman–Crippen LogP) is 1.74. The zero-order valence-corrected chi connectivity index (χ0v) is 9.05. The molecular weight excluding hydrogens is 193 g/mol. The topological polar surface area (TPSA) is 32.3 Å². The fourth-order valence-corrected chi connectivity index (χ4v) is 2.25. The quantitative estimate of drug-likeness (QED) is 0.682. The summed E-state index contributed by atoms with van der Waals surface area (Å²) in [5, 5.41) is 13.0. The molecule has 0 fully saturated rings. The number of rotatable bonds is 0. The van der Waals surface area contributed by atoms with Gasteiger partial charge in [-0.15, -0.1) is 0 Å². The van der Waals surface area contributed by atoms with Crippen molar-refractivity contribution in [2.45, 2.75) is 25.4 Å².